The minimum Gasteiger partial charge on any atom is -0.0616 e. The Morgan fingerprint density at radius 3 is 2.04 bits per heavy atom. The monoisotopic (exact) mass is 336 g/mol. The Morgan fingerprint density at radius 2 is 1.27 bits per heavy atom. The van der Waals surface area contributed by atoms with Crippen LogP contribution in [0.25, 0.3) is 33.0 Å². The van der Waals surface area contributed by atoms with Gasteiger partial charge in [0.1, 0.15) is 0 Å². The van der Waals surface area contributed by atoms with E-state index in [2.05, 4.69) is 54.6 Å². The summed E-state index contributed by atoms with van der Waals surface area (Å²) in [7, 11) is 0. The van der Waals surface area contributed by atoms with Gasteiger partial charge in [-0.05, 0) is 100 Å². The normalized spacial score (nSPS) is 33.0. The molecule has 5 aliphatic rings. The van der Waals surface area contributed by atoms with Crippen LogP contribution in [0.4, 0.5) is 0 Å². The molecule has 0 unspecified atom stereocenters. The fourth-order valence-electron chi connectivity index (χ4n) is 7.56. The van der Waals surface area contributed by atoms with Crippen LogP contribution in [0.2, 0.25) is 0 Å². The lowest BCUT2D eigenvalue weighted by molar-refractivity contribution is -0.00256. The summed E-state index contributed by atoms with van der Waals surface area (Å²) in [5.74, 6) is 4.79. The van der Waals surface area contributed by atoms with Crippen LogP contribution in [0.3, 0.4) is 0 Å². The van der Waals surface area contributed by atoms with Crippen LogP contribution in [0, 0.1) is 23.7 Å². The summed E-state index contributed by atoms with van der Waals surface area (Å²) >= 11 is 0. The number of benzene rings is 3. The molecular formula is C26H24. The van der Waals surface area contributed by atoms with Gasteiger partial charge in [0, 0.05) is 0 Å². The van der Waals surface area contributed by atoms with Crippen molar-refractivity contribution < 1.29 is 0 Å². The van der Waals surface area contributed by atoms with Gasteiger partial charge in [-0.1, -0.05) is 54.6 Å². The minimum atomic E-state index is 0.807. The predicted octanol–water partition coefficient (Wildman–Crippen LogP) is 7.03. The lowest BCUT2D eigenvalue weighted by Gasteiger charge is -2.55. The van der Waals surface area contributed by atoms with Crippen molar-refractivity contribution in [3.63, 3.8) is 0 Å². The highest BCUT2D eigenvalue weighted by atomic mass is 14.5. The number of hydrogen-bond acceptors (Lipinski definition) is 0. The zero-order chi connectivity index (χ0) is 16.8. The van der Waals surface area contributed by atoms with Gasteiger partial charge < -0.3 is 0 Å². The maximum absolute atomic E-state index is 2.51. The molecule has 0 nitrogen and oxygen atoms in total. The van der Waals surface area contributed by atoms with Crippen molar-refractivity contribution in [1.82, 2.24) is 0 Å². The van der Waals surface area contributed by atoms with Gasteiger partial charge >= 0.3 is 0 Å². The highest BCUT2D eigenvalue weighted by molar-refractivity contribution is 6.16. The van der Waals surface area contributed by atoms with Gasteiger partial charge in [0.25, 0.3) is 0 Å². The van der Waals surface area contributed by atoms with Crippen molar-refractivity contribution >= 4 is 10.8 Å². The van der Waals surface area contributed by atoms with Crippen molar-refractivity contribution in [2.75, 3.05) is 0 Å². The summed E-state index contributed by atoms with van der Waals surface area (Å²) in [6.45, 7) is 0. The molecule has 0 amide bonds. The van der Waals surface area contributed by atoms with Gasteiger partial charge in [-0.25, -0.2) is 0 Å². The number of rotatable bonds is 1. The summed E-state index contributed by atoms with van der Waals surface area (Å²) in [5, 5.41) is 2.95. The van der Waals surface area contributed by atoms with Crippen LogP contribution in [-0.2, 0) is 0 Å². The van der Waals surface area contributed by atoms with Gasteiger partial charge in [-0.2, -0.15) is 0 Å². The van der Waals surface area contributed by atoms with E-state index in [4.69, 9.17) is 0 Å². The van der Waals surface area contributed by atoms with E-state index < -0.39 is 0 Å². The lowest BCUT2D eigenvalue weighted by atomic mass is 9.50. The third kappa shape index (κ3) is 1.66. The second-order valence-electron chi connectivity index (χ2n) is 9.44. The molecule has 128 valence electrons. The molecule has 3 aromatic carbocycles. The molecule has 5 aliphatic carbocycles. The number of fused-ring (bicyclic) bond motifs is 3. The van der Waals surface area contributed by atoms with Crippen molar-refractivity contribution in [3.8, 4) is 22.3 Å². The van der Waals surface area contributed by atoms with E-state index >= 15 is 0 Å². The molecule has 3 aromatic rings. The van der Waals surface area contributed by atoms with Crippen LogP contribution >= 0.6 is 0 Å². The fourth-order valence-corrected chi connectivity index (χ4v) is 7.56. The molecule has 4 bridgehead atoms. The SMILES string of the molecule is c1ccc2c(c1)-c1cccc3ccc(C4C5CC6CC(C5)CC4C6)c-2c13. The van der Waals surface area contributed by atoms with Crippen LogP contribution < -0.4 is 0 Å². The van der Waals surface area contributed by atoms with E-state index in [1.807, 2.05) is 0 Å². The van der Waals surface area contributed by atoms with Gasteiger partial charge in [0.2, 0.25) is 0 Å². The summed E-state index contributed by atoms with van der Waals surface area (Å²) in [4.78, 5) is 0. The van der Waals surface area contributed by atoms with E-state index in [-0.39, 0.29) is 0 Å². The Morgan fingerprint density at radius 1 is 0.577 bits per heavy atom. The summed E-state index contributed by atoms with van der Waals surface area (Å²) in [5.41, 5.74) is 7.67. The van der Waals surface area contributed by atoms with Crippen LogP contribution in [0.15, 0.2) is 54.6 Å². The molecule has 0 saturated heterocycles. The van der Waals surface area contributed by atoms with Crippen LogP contribution in [0.1, 0.15) is 43.6 Å². The minimum absolute atomic E-state index is 0.807. The first kappa shape index (κ1) is 14.0. The Bertz CT molecular complexity index is 1030. The van der Waals surface area contributed by atoms with Gasteiger partial charge in [0.05, 0.1) is 0 Å². The molecule has 4 saturated carbocycles. The highest BCUT2D eigenvalue weighted by Gasteiger charge is 2.49. The molecule has 0 heterocycles. The molecule has 0 spiro atoms. The standard InChI is InChI=1S/C26H24/c1-2-6-22-20(5-1)21-7-3-4-17-8-9-23(26(22)25(17)21)24-18-11-15-10-16(13-18)14-19(24)12-15/h1-9,15-16,18-19,24H,10-14H2. The topological polar surface area (TPSA) is 0 Å². The molecule has 0 atom stereocenters. The molecule has 0 radical (unpaired) electrons. The molecular weight excluding hydrogens is 312 g/mol. The van der Waals surface area contributed by atoms with Gasteiger partial charge in [0.15, 0.2) is 0 Å². The van der Waals surface area contributed by atoms with E-state index in [0.717, 1.165) is 29.6 Å². The molecule has 0 aliphatic heterocycles. The Hall–Kier alpha value is -2.08. The smallest absolute Gasteiger partial charge is 0.00235 e. The zero-order valence-corrected chi connectivity index (χ0v) is 15.1. The van der Waals surface area contributed by atoms with E-state index in [1.165, 1.54) is 59.6 Å². The largest absolute Gasteiger partial charge is 0.0616 e. The molecule has 0 N–H and O–H groups in total. The highest BCUT2D eigenvalue weighted by Crippen LogP contribution is 2.62. The molecule has 0 aromatic heterocycles. The Labute approximate surface area is 155 Å². The second-order valence-corrected chi connectivity index (χ2v) is 9.44. The van der Waals surface area contributed by atoms with E-state index in [9.17, 15) is 0 Å². The predicted molar refractivity (Wildman–Crippen MR) is 108 cm³/mol. The average Bonchev–Trinajstić information content (AvgIpc) is 2.99. The molecule has 4 fully saturated rings. The van der Waals surface area contributed by atoms with Gasteiger partial charge in [-0.3, -0.25) is 0 Å². The van der Waals surface area contributed by atoms with Crippen molar-refractivity contribution in [3.05, 3.63) is 60.2 Å². The maximum atomic E-state index is 2.51. The Kier molecular flexibility index (Phi) is 2.59. The fraction of sp³-hybridized carbons (Fsp3) is 0.385. The maximum Gasteiger partial charge on any atom is -0.00235 e. The third-order valence-corrected chi connectivity index (χ3v) is 8.15. The second kappa shape index (κ2) is 4.80. The quantitative estimate of drug-likeness (QED) is 0.350. The van der Waals surface area contributed by atoms with Gasteiger partial charge in [-0.15, -0.1) is 0 Å². The average molecular weight is 336 g/mol. The first-order valence-corrected chi connectivity index (χ1v) is 10.5. The number of hydrogen-bond donors (Lipinski definition) is 0. The van der Waals surface area contributed by atoms with Crippen LogP contribution in [0.5, 0.6) is 0 Å². The van der Waals surface area contributed by atoms with Crippen molar-refractivity contribution in [2.45, 2.75) is 38.0 Å². The molecule has 8 rings (SSSR count). The first-order chi connectivity index (χ1) is 12.9. The van der Waals surface area contributed by atoms with E-state index in [0.29, 0.717) is 0 Å². The zero-order valence-electron chi connectivity index (χ0n) is 15.1. The summed E-state index contributed by atoms with van der Waals surface area (Å²) in [6.07, 6.45) is 7.53. The summed E-state index contributed by atoms with van der Waals surface area (Å²) < 4.78 is 0. The van der Waals surface area contributed by atoms with Crippen LogP contribution in [-0.4, -0.2) is 0 Å². The van der Waals surface area contributed by atoms with Crippen molar-refractivity contribution in [2.24, 2.45) is 23.7 Å². The third-order valence-electron chi connectivity index (χ3n) is 8.15. The molecule has 0 heteroatoms. The van der Waals surface area contributed by atoms with Crippen molar-refractivity contribution in [1.29, 1.82) is 0 Å². The Balaban J connectivity index is 1.51. The van der Waals surface area contributed by atoms with E-state index in [1.54, 1.807) is 11.1 Å². The lowest BCUT2D eigenvalue weighted by Crippen LogP contribution is -2.43. The first-order valence-electron chi connectivity index (χ1n) is 10.5. The molecule has 26 heavy (non-hydrogen) atoms. The summed E-state index contributed by atoms with van der Waals surface area (Å²) in [6, 6.07) is 20.9.